The molecule has 1 aromatic rings. The highest BCUT2D eigenvalue weighted by Crippen LogP contribution is 2.66. The lowest BCUT2D eigenvalue weighted by molar-refractivity contribution is -0.130. The standard InChI is InChI=1S/C25H28N4O3/c26-12-18-4-3-7-28(18)21(30)13-27-25-10-16-8-17(25)11-24(9-16,14-25)15-29-22(31)19-5-1-2-6-20(19)23(29)32/h1-2,5-6,16-18,27H,3-4,7-11,13-15H2/t16?,17?,18-,24?,25?/m0/s1. The normalized spacial score (nSPS) is 36.8. The number of nitrogens with one attached hydrogen (secondary N) is 1. The van der Waals surface area contributed by atoms with E-state index in [1.54, 1.807) is 29.2 Å². The summed E-state index contributed by atoms with van der Waals surface area (Å²) in [5.41, 5.74) is 0.887. The number of hydrogen-bond acceptors (Lipinski definition) is 5. The van der Waals surface area contributed by atoms with Gasteiger partial charge in [0.2, 0.25) is 5.91 Å². The van der Waals surface area contributed by atoms with E-state index in [0.717, 1.165) is 44.9 Å². The first-order valence-corrected chi connectivity index (χ1v) is 11.8. The highest BCUT2D eigenvalue weighted by Gasteiger charge is 2.64. The molecule has 2 aliphatic heterocycles. The number of hydrogen-bond donors (Lipinski definition) is 1. The molecule has 0 radical (unpaired) electrons. The molecule has 7 heteroatoms. The number of likely N-dealkylation sites (tertiary alicyclic amines) is 1. The van der Waals surface area contributed by atoms with Gasteiger partial charge in [-0.15, -0.1) is 0 Å². The van der Waals surface area contributed by atoms with Crippen molar-refractivity contribution >= 4 is 17.7 Å². The first-order valence-electron chi connectivity index (χ1n) is 11.8. The summed E-state index contributed by atoms with van der Waals surface area (Å²) in [5, 5.41) is 12.9. The summed E-state index contributed by atoms with van der Waals surface area (Å²) in [6.45, 7) is 1.42. The molecule has 4 saturated carbocycles. The average Bonchev–Trinajstić information content (AvgIpc) is 3.48. The summed E-state index contributed by atoms with van der Waals surface area (Å²) in [6, 6.07) is 9.05. The lowest BCUT2D eigenvalue weighted by Crippen LogP contribution is -2.53. The van der Waals surface area contributed by atoms with Gasteiger partial charge in [-0.05, 0) is 74.3 Å². The smallest absolute Gasteiger partial charge is 0.261 e. The molecule has 166 valence electrons. The van der Waals surface area contributed by atoms with E-state index in [0.29, 0.717) is 36.1 Å². The van der Waals surface area contributed by atoms with E-state index in [4.69, 9.17) is 0 Å². The Balaban J connectivity index is 1.18. The van der Waals surface area contributed by atoms with Crippen molar-refractivity contribution in [1.29, 1.82) is 5.26 Å². The first kappa shape index (κ1) is 19.9. The SMILES string of the molecule is N#C[C@@H]1CCCN1C(=O)CNC12CC3CC1CC(CN1C(=O)c4ccccc4C1=O)(C3)C2. The number of carbonyl (C=O) groups is 3. The Labute approximate surface area is 187 Å². The molecule has 7 rings (SSSR count). The number of imide groups is 1. The number of rotatable bonds is 5. The van der Waals surface area contributed by atoms with Crippen LogP contribution in [0.1, 0.15) is 65.7 Å². The Morgan fingerprint density at radius 3 is 2.62 bits per heavy atom. The van der Waals surface area contributed by atoms with Crippen molar-refractivity contribution < 1.29 is 14.4 Å². The molecule has 5 atom stereocenters. The van der Waals surface area contributed by atoms with E-state index in [-0.39, 0.29) is 41.3 Å². The second-order valence-electron chi connectivity index (χ2n) is 10.7. The minimum Gasteiger partial charge on any atom is -0.326 e. The topological polar surface area (TPSA) is 93.5 Å². The van der Waals surface area contributed by atoms with Crippen LogP contribution in [0.4, 0.5) is 0 Å². The summed E-state index contributed by atoms with van der Waals surface area (Å²) in [5.74, 6) is 0.741. The highest BCUT2D eigenvalue weighted by atomic mass is 16.2. The third-order valence-corrected chi connectivity index (χ3v) is 8.83. The molecule has 0 spiro atoms. The lowest BCUT2D eigenvalue weighted by Gasteiger charge is -2.43. The molecule has 1 aromatic carbocycles. The maximum atomic E-state index is 13.0. The quantitative estimate of drug-likeness (QED) is 0.721. The average molecular weight is 433 g/mol. The molecule has 6 aliphatic rings. The van der Waals surface area contributed by atoms with E-state index in [2.05, 4.69) is 11.4 Å². The van der Waals surface area contributed by atoms with Crippen LogP contribution in [0.15, 0.2) is 24.3 Å². The van der Waals surface area contributed by atoms with Crippen molar-refractivity contribution in [3.05, 3.63) is 35.4 Å². The van der Waals surface area contributed by atoms with E-state index < -0.39 is 0 Å². The van der Waals surface area contributed by atoms with Gasteiger partial charge in [0, 0.05) is 18.6 Å². The molecule has 7 nitrogen and oxygen atoms in total. The van der Waals surface area contributed by atoms with Crippen LogP contribution >= 0.6 is 0 Å². The van der Waals surface area contributed by atoms with Crippen LogP contribution in [-0.4, -0.2) is 58.7 Å². The summed E-state index contributed by atoms with van der Waals surface area (Å²) in [4.78, 5) is 41.9. The van der Waals surface area contributed by atoms with Crippen molar-refractivity contribution in [3.63, 3.8) is 0 Å². The molecule has 4 unspecified atom stereocenters. The van der Waals surface area contributed by atoms with Gasteiger partial charge in [-0.3, -0.25) is 19.3 Å². The van der Waals surface area contributed by atoms with E-state index in [1.807, 2.05) is 0 Å². The Hall–Kier alpha value is -2.72. The molecule has 2 heterocycles. The van der Waals surface area contributed by atoms with Crippen LogP contribution in [0, 0.1) is 28.6 Å². The highest BCUT2D eigenvalue weighted by molar-refractivity contribution is 6.21. The zero-order valence-corrected chi connectivity index (χ0v) is 18.2. The fraction of sp³-hybridized carbons (Fsp3) is 0.600. The predicted octanol–water partition coefficient (Wildman–Crippen LogP) is 2.34. The largest absolute Gasteiger partial charge is 0.326 e. The van der Waals surface area contributed by atoms with Gasteiger partial charge in [0.15, 0.2) is 0 Å². The van der Waals surface area contributed by atoms with E-state index in [1.165, 1.54) is 4.90 Å². The predicted molar refractivity (Wildman–Crippen MR) is 115 cm³/mol. The molecule has 0 aromatic heterocycles. The minimum atomic E-state index is -0.293. The van der Waals surface area contributed by atoms with Crippen LogP contribution in [0.5, 0.6) is 0 Å². The zero-order valence-electron chi connectivity index (χ0n) is 18.2. The molecule has 1 saturated heterocycles. The fourth-order valence-electron chi connectivity index (χ4n) is 7.81. The van der Waals surface area contributed by atoms with Crippen LogP contribution in [-0.2, 0) is 4.79 Å². The minimum absolute atomic E-state index is 0.0176. The molecule has 1 N–H and O–H groups in total. The van der Waals surface area contributed by atoms with Gasteiger partial charge in [-0.25, -0.2) is 0 Å². The van der Waals surface area contributed by atoms with Crippen LogP contribution < -0.4 is 5.32 Å². The third-order valence-electron chi connectivity index (χ3n) is 8.83. The maximum absolute atomic E-state index is 13.0. The number of amides is 3. The van der Waals surface area contributed by atoms with Gasteiger partial charge in [-0.2, -0.15) is 5.26 Å². The van der Waals surface area contributed by atoms with Gasteiger partial charge in [0.25, 0.3) is 11.8 Å². The van der Waals surface area contributed by atoms with Gasteiger partial charge < -0.3 is 10.2 Å². The number of nitrogens with zero attached hydrogens (tertiary/aromatic N) is 3. The Morgan fingerprint density at radius 1 is 1.16 bits per heavy atom. The number of fused-ring (bicyclic) bond motifs is 1. The Morgan fingerprint density at radius 2 is 1.91 bits per heavy atom. The van der Waals surface area contributed by atoms with Crippen molar-refractivity contribution in [3.8, 4) is 6.07 Å². The van der Waals surface area contributed by atoms with Gasteiger partial charge >= 0.3 is 0 Å². The second-order valence-corrected chi connectivity index (χ2v) is 10.7. The molecule has 5 fully saturated rings. The zero-order chi connectivity index (χ0) is 22.1. The van der Waals surface area contributed by atoms with Gasteiger partial charge in [-0.1, -0.05) is 12.1 Å². The molecule has 4 aliphatic carbocycles. The van der Waals surface area contributed by atoms with E-state index in [9.17, 15) is 19.6 Å². The Kier molecular flexibility index (Phi) is 4.29. The van der Waals surface area contributed by atoms with Crippen LogP contribution in [0.3, 0.4) is 0 Å². The number of carbonyl (C=O) groups excluding carboxylic acids is 3. The maximum Gasteiger partial charge on any atom is 0.261 e. The molecule has 32 heavy (non-hydrogen) atoms. The van der Waals surface area contributed by atoms with Crippen molar-refractivity contribution in [2.24, 2.45) is 17.3 Å². The van der Waals surface area contributed by atoms with Crippen LogP contribution in [0.25, 0.3) is 0 Å². The number of nitriles is 1. The molecular weight excluding hydrogens is 404 g/mol. The van der Waals surface area contributed by atoms with E-state index >= 15 is 0 Å². The third kappa shape index (κ3) is 2.78. The number of benzene rings is 1. The second kappa shape index (κ2) is 6.89. The summed E-state index contributed by atoms with van der Waals surface area (Å²) >= 11 is 0. The lowest BCUT2D eigenvalue weighted by atomic mass is 9.68. The van der Waals surface area contributed by atoms with Crippen molar-refractivity contribution in [2.45, 2.75) is 56.5 Å². The monoisotopic (exact) mass is 432 g/mol. The summed E-state index contributed by atoms with van der Waals surface area (Å²) < 4.78 is 0. The Bertz CT molecular complexity index is 1030. The first-order chi connectivity index (χ1) is 15.4. The van der Waals surface area contributed by atoms with Crippen molar-refractivity contribution in [1.82, 2.24) is 15.1 Å². The molecule has 4 bridgehead atoms. The van der Waals surface area contributed by atoms with Crippen molar-refractivity contribution in [2.75, 3.05) is 19.6 Å². The molecule has 3 amide bonds. The van der Waals surface area contributed by atoms with Gasteiger partial charge in [0.05, 0.1) is 23.7 Å². The fourth-order valence-corrected chi connectivity index (χ4v) is 7.81. The van der Waals surface area contributed by atoms with Gasteiger partial charge in [0.1, 0.15) is 6.04 Å². The summed E-state index contributed by atoms with van der Waals surface area (Å²) in [7, 11) is 0. The summed E-state index contributed by atoms with van der Waals surface area (Å²) in [6.07, 6.45) is 6.85. The molecular formula is C25H28N4O3. The van der Waals surface area contributed by atoms with Crippen LogP contribution in [0.2, 0.25) is 0 Å².